The lowest BCUT2D eigenvalue weighted by molar-refractivity contribution is -0.159. The van der Waals surface area contributed by atoms with Crippen LogP contribution in [-0.4, -0.2) is 19.0 Å². The molecule has 1 fully saturated rings. The normalized spacial score (nSPS) is 18.5. The Morgan fingerprint density at radius 1 is 0.920 bits per heavy atom. The number of hydrogen-bond donors (Lipinski definition) is 0. The Kier molecular flexibility index (Phi) is 5.57. The molecule has 2 aromatic rings. The maximum absolute atomic E-state index is 5.85. The quantitative estimate of drug-likeness (QED) is 0.766. The number of allylic oxidation sites excluding steroid dienone is 1. The first-order chi connectivity index (χ1) is 11.8. The van der Waals surface area contributed by atoms with Crippen molar-refractivity contribution < 1.29 is 14.2 Å². The van der Waals surface area contributed by atoms with Gasteiger partial charge in [-0.1, -0.05) is 56.0 Å². The third kappa shape index (κ3) is 4.12. The largest absolute Gasteiger partial charge is 0.489 e. The van der Waals surface area contributed by atoms with Crippen LogP contribution in [0.15, 0.2) is 60.7 Å². The summed E-state index contributed by atoms with van der Waals surface area (Å²) in [4.78, 5) is 0. The molecular weight excluding hydrogens is 312 g/mol. The fraction of sp³-hybridized carbons (Fsp3) is 0.364. The Morgan fingerprint density at radius 2 is 1.64 bits per heavy atom. The van der Waals surface area contributed by atoms with Gasteiger partial charge in [0.1, 0.15) is 12.4 Å². The SMILES string of the molecule is C.C1=C(c2ccc(OCc3ccccc3)cc2)CCC2(C1)OCCO2. The number of benzene rings is 2. The highest BCUT2D eigenvalue weighted by Gasteiger charge is 2.37. The van der Waals surface area contributed by atoms with Crippen molar-refractivity contribution in [3.05, 3.63) is 71.8 Å². The van der Waals surface area contributed by atoms with E-state index in [4.69, 9.17) is 14.2 Å². The number of ether oxygens (including phenoxy) is 3. The highest BCUT2D eigenvalue weighted by atomic mass is 16.7. The molecule has 1 spiro atoms. The van der Waals surface area contributed by atoms with E-state index in [0.29, 0.717) is 6.61 Å². The lowest BCUT2D eigenvalue weighted by atomic mass is 9.90. The van der Waals surface area contributed by atoms with Crippen LogP contribution >= 0.6 is 0 Å². The first-order valence-electron chi connectivity index (χ1n) is 8.57. The van der Waals surface area contributed by atoms with E-state index in [0.717, 1.165) is 38.2 Å². The molecule has 1 heterocycles. The molecule has 2 aliphatic rings. The summed E-state index contributed by atoms with van der Waals surface area (Å²) in [6.45, 7) is 2.04. The number of rotatable bonds is 4. The van der Waals surface area contributed by atoms with Gasteiger partial charge in [-0.25, -0.2) is 0 Å². The Morgan fingerprint density at radius 3 is 2.28 bits per heavy atom. The van der Waals surface area contributed by atoms with Crippen LogP contribution in [-0.2, 0) is 16.1 Å². The van der Waals surface area contributed by atoms with Gasteiger partial charge in [-0.2, -0.15) is 0 Å². The molecule has 1 aliphatic heterocycles. The molecule has 0 unspecified atom stereocenters. The lowest BCUT2D eigenvalue weighted by Gasteiger charge is -2.30. The molecule has 25 heavy (non-hydrogen) atoms. The molecule has 0 amide bonds. The molecule has 0 bridgehead atoms. The van der Waals surface area contributed by atoms with Crippen LogP contribution in [0.1, 0.15) is 37.8 Å². The van der Waals surface area contributed by atoms with Crippen molar-refractivity contribution in [2.75, 3.05) is 13.2 Å². The molecule has 4 rings (SSSR count). The van der Waals surface area contributed by atoms with Crippen molar-refractivity contribution in [1.82, 2.24) is 0 Å². The summed E-state index contributed by atoms with van der Waals surface area (Å²) in [6, 6.07) is 18.6. The van der Waals surface area contributed by atoms with Crippen molar-refractivity contribution in [2.45, 2.75) is 39.1 Å². The molecule has 0 aromatic heterocycles. The maximum Gasteiger partial charge on any atom is 0.172 e. The molecular formula is C22H26O3. The van der Waals surface area contributed by atoms with E-state index >= 15 is 0 Å². The van der Waals surface area contributed by atoms with E-state index in [2.05, 4.69) is 30.3 Å². The second-order valence-corrected chi connectivity index (χ2v) is 6.34. The minimum atomic E-state index is -0.345. The molecule has 3 heteroatoms. The fourth-order valence-corrected chi connectivity index (χ4v) is 3.34. The van der Waals surface area contributed by atoms with Crippen LogP contribution in [0, 0.1) is 0 Å². The average Bonchev–Trinajstić information content (AvgIpc) is 3.10. The van der Waals surface area contributed by atoms with E-state index in [1.807, 2.05) is 30.3 Å². The minimum absolute atomic E-state index is 0. The first-order valence-corrected chi connectivity index (χ1v) is 8.57. The van der Waals surface area contributed by atoms with Crippen molar-refractivity contribution in [1.29, 1.82) is 0 Å². The topological polar surface area (TPSA) is 27.7 Å². The van der Waals surface area contributed by atoms with E-state index < -0.39 is 0 Å². The fourth-order valence-electron chi connectivity index (χ4n) is 3.34. The highest BCUT2D eigenvalue weighted by Crippen LogP contribution is 2.38. The lowest BCUT2D eigenvalue weighted by Crippen LogP contribution is -2.31. The summed E-state index contributed by atoms with van der Waals surface area (Å²) in [5, 5.41) is 0. The van der Waals surface area contributed by atoms with Crippen molar-refractivity contribution in [3.8, 4) is 5.75 Å². The summed E-state index contributed by atoms with van der Waals surface area (Å²) in [6.07, 6.45) is 5.03. The molecule has 1 saturated heterocycles. The monoisotopic (exact) mass is 338 g/mol. The van der Waals surface area contributed by atoms with Crippen LogP contribution in [0.4, 0.5) is 0 Å². The smallest absolute Gasteiger partial charge is 0.172 e. The summed E-state index contributed by atoms with van der Waals surface area (Å²) >= 11 is 0. The standard InChI is InChI=1S/C21H22O3.CH4/c1-2-4-17(5-3-1)16-22-20-8-6-18(7-9-20)19-10-12-21(13-11-19)23-14-15-24-21;/h1-10H,11-16H2;1H4. The zero-order valence-corrected chi connectivity index (χ0v) is 13.7. The Bertz CT molecular complexity index is 698. The third-order valence-electron chi connectivity index (χ3n) is 4.72. The van der Waals surface area contributed by atoms with Gasteiger partial charge in [0, 0.05) is 12.8 Å². The average molecular weight is 338 g/mol. The molecule has 2 aromatic carbocycles. The maximum atomic E-state index is 5.85. The van der Waals surface area contributed by atoms with E-state index in [1.165, 1.54) is 16.7 Å². The van der Waals surface area contributed by atoms with Gasteiger partial charge in [0.25, 0.3) is 0 Å². The van der Waals surface area contributed by atoms with Crippen LogP contribution in [0.5, 0.6) is 5.75 Å². The van der Waals surface area contributed by atoms with Crippen LogP contribution in [0.2, 0.25) is 0 Å². The Balaban J connectivity index is 0.00000182. The Labute approximate surface area is 150 Å². The molecule has 1 aliphatic carbocycles. The molecule has 3 nitrogen and oxygen atoms in total. The summed E-state index contributed by atoms with van der Waals surface area (Å²) in [7, 11) is 0. The van der Waals surface area contributed by atoms with Crippen LogP contribution < -0.4 is 4.74 Å². The van der Waals surface area contributed by atoms with Gasteiger partial charge in [0.2, 0.25) is 0 Å². The second kappa shape index (κ2) is 7.85. The first kappa shape index (κ1) is 17.7. The van der Waals surface area contributed by atoms with Gasteiger partial charge >= 0.3 is 0 Å². The second-order valence-electron chi connectivity index (χ2n) is 6.34. The summed E-state index contributed by atoms with van der Waals surface area (Å²) in [5.74, 6) is 0.556. The van der Waals surface area contributed by atoms with Gasteiger partial charge in [0.15, 0.2) is 5.79 Å². The minimum Gasteiger partial charge on any atom is -0.489 e. The molecule has 0 N–H and O–H groups in total. The third-order valence-corrected chi connectivity index (χ3v) is 4.72. The van der Waals surface area contributed by atoms with Gasteiger partial charge < -0.3 is 14.2 Å². The summed E-state index contributed by atoms with van der Waals surface area (Å²) < 4.78 is 17.4. The molecule has 0 radical (unpaired) electrons. The van der Waals surface area contributed by atoms with E-state index in [1.54, 1.807) is 0 Å². The van der Waals surface area contributed by atoms with Crippen molar-refractivity contribution in [2.24, 2.45) is 0 Å². The zero-order chi connectivity index (χ0) is 16.2. The van der Waals surface area contributed by atoms with E-state index in [9.17, 15) is 0 Å². The van der Waals surface area contributed by atoms with Gasteiger partial charge in [-0.05, 0) is 35.3 Å². The predicted octanol–water partition coefficient (Wildman–Crippen LogP) is 5.21. The van der Waals surface area contributed by atoms with Gasteiger partial charge in [-0.3, -0.25) is 0 Å². The predicted molar refractivity (Wildman–Crippen MR) is 100 cm³/mol. The van der Waals surface area contributed by atoms with Gasteiger partial charge in [0.05, 0.1) is 13.2 Å². The Hall–Kier alpha value is -2.10. The van der Waals surface area contributed by atoms with Crippen molar-refractivity contribution in [3.63, 3.8) is 0 Å². The molecule has 0 saturated carbocycles. The van der Waals surface area contributed by atoms with Crippen LogP contribution in [0.3, 0.4) is 0 Å². The van der Waals surface area contributed by atoms with Gasteiger partial charge in [-0.15, -0.1) is 0 Å². The molecule has 0 atom stereocenters. The van der Waals surface area contributed by atoms with E-state index in [-0.39, 0.29) is 13.2 Å². The summed E-state index contributed by atoms with van der Waals surface area (Å²) in [5.41, 5.74) is 3.81. The highest BCUT2D eigenvalue weighted by molar-refractivity contribution is 5.67. The van der Waals surface area contributed by atoms with Crippen molar-refractivity contribution >= 4 is 5.57 Å². The molecule has 132 valence electrons. The zero-order valence-electron chi connectivity index (χ0n) is 13.7. The van der Waals surface area contributed by atoms with Crippen LogP contribution in [0.25, 0.3) is 5.57 Å². The number of hydrogen-bond acceptors (Lipinski definition) is 3.